The van der Waals surface area contributed by atoms with E-state index in [0.29, 0.717) is 32.2 Å². The number of hydrogen-bond acceptors (Lipinski definition) is 4. The third-order valence-corrected chi connectivity index (χ3v) is 6.47. The molecule has 1 fully saturated rings. The average molecular weight is 368 g/mol. The van der Waals surface area contributed by atoms with Gasteiger partial charge < -0.3 is 10.4 Å². The van der Waals surface area contributed by atoms with Crippen molar-refractivity contribution in [1.82, 2.24) is 9.62 Å². The molecule has 1 aliphatic heterocycles. The molecule has 2 N–H and O–H groups in total. The van der Waals surface area contributed by atoms with Crippen LogP contribution < -0.4 is 5.32 Å². The Kier molecular flexibility index (Phi) is 7.40. The lowest BCUT2D eigenvalue weighted by atomic mass is 10.1. The third kappa shape index (κ3) is 5.52. The monoisotopic (exact) mass is 368 g/mol. The number of unbranched alkanes of at least 4 members (excludes halogenated alkanes) is 1. The van der Waals surface area contributed by atoms with Crippen LogP contribution in [0.1, 0.15) is 38.2 Å². The molecule has 0 aliphatic carbocycles. The van der Waals surface area contributed by atoms with E-state index in [1.54, 1.807) is 0 Å². The molecule has 1 aliphatic rings. The largest absolute Gasteiger partial charge is 0.394 e. The molecular weight excluding hydrogens is 340 g/mol. The molecule has 2 atom stereocenters. The maximum Gasteiger partial charge on any atom is 0.238 e. The highest BCUT2D eigenvalue weighted by Crippen LogP contribution is 2.22. The minimum Gasteiger partial charge on any atom is -0.394 e. The maximum absolute atomic E-state index is 12.6. The quantitative estimate of drug-likeness (QED) is 0.688. The van der Waals surface area contributed by atoms with Gasteiger partial charge in [0.1, 0.15) is 6.04 Å². The summed E-state index contributed by atoms with van der Waals surface area (Å²) in [5.74, 6) is -0.228. The van der Waals surface area contributed by atoms with Crippen LogP contribution >= 0.6 is 0 Å². The third-order valence-electron chi connectivity index (χ3n) is 4.51. The Balaban J connectivity index is 2.00. The van der Waals surface area contributed by atoms with Gasteiger partial charge in [-0.1, -0.05) is 43.7 Å². The van der Waals surface area contributed by atoms with Crippen molar-refractivity contribution in [3.05, 3.63) is 35.9 Å². The Labute approximate surface area is 150 Å². The van der Waals surface area contributed by atoms with Crippen molar-refractivity contribution < 1.29 is 18.3 Å². The molecule has 0 saturated carbocycles. The van der Waals surface area contributed by atoms with E-state index in [-0.39, 0.29) is 18.3 Å². The number of nitrogens with one attached hydrogen (secondary N) is 1. The van der Waals surface area contributed by atoms with Crippen LogP contribution in [0.4, 0.5) is 0 Å². The number of sulfonamides is 1. The fraction of sp³-hybridized carbons (Fsp3) is 0.611. The van der Waals surface area contributed by atoms with Crippen molar-refractivity contribution in [2.45, 2.75) is 51.1 Å². The number of benzene rings is 1. The first-order chi connectivity index (χ1) is 12.0. The molecule has 6 nitrogen and oxygen atoms in total. The zero-order valence-corrected chi connectivity index (χ0v) is 15.5. The highest BCUT2D eigenvalue weighted by atomic mass is 32.2. The van der Waals surface area contributed by atoms with Crippen LogP contribution in [-0.2, 0) is 21.2 Å². The molecule has 140 valence electrons. The molecule has 7 heteroatoms. The number of hydrogen-bond donors (Lipinski definition) is 2. The summed E-state index contributed by atoms with van der Waals surface area (Å²) in [5.41, 5.74) is 1.01. The number of nitrogens with zero attached hydrogens (tertiary/aromatic N) is 1. The summed E-state index contributed by atoms with van der Waals surface area (Å²) in [4.78, 5) is 12.6. The van der Waals surface area contributed by atoms with Gasteiger partial charge in [-0.2, -0.15) is 4.31 Å². The second-order valence-electron chi connectivity index (χ2n) is 6.52. The van der Waals surface area contributed by atoms with Gasteiger partial charge in [0.2, 0.25) is 15.9 Å². The fourth-order valence-electron chi connectivity index (χ4n) is 3.14. The fourth-order valence-corrected chi connectivity index (χ4v) is 5.02. The summed E-state index contributed by atoms with van der Waals surface area (Å²) in [6, 6.07) is 8.52. The van der Waals surface area contributed by atoms with Crippen molar-refractivity contribution in [1.29, 1.82) is 0 Å². The summed E-state index contributed by atoms with van der Waals surface area (Å²) in [6.45, 7) is 2.15. The number of amides is 1. The standard InChI is InChI=1S/C18H28N2O4S/c1-2-3-12-25(23,24)20-11-7-10-17(20)18(22)19-16(14-21)13-15-8-5-4-6-9-15/h4-6,8-9,16-17,21H,2-3,7,10-14H2,1H3,(H,19,22)/t16-,17+/m0/s1. The minimum atomic E-state index is -3.41. The molecule has 0 aromatic heterocycles. The minimum absolute atomic E-state index is 0.0841. The van der Waals surface area contributed by atoms with Gasteiger partial charge >= 0.3 is 0 Å². The predicted molar refractivity (Wildman–Crippen MR) is 97.6 cm³/mol. The van der Waals surface area contributed by atoms with Crippen LogP contribution in [0.3, 0.4) is 0 Å². The first-order valence-electron chi connectivity index (χ1n) is 8.92. The zero-order chi connectivity index (χ0) is 18.3. The number of rotatable bonds is 9. The topological polar surface area (TPSA) is 86.7 Å². The van der Waals surface area contributed by atoms with Crippen LogP contribution in [0.15, 0.2) is 30.3 Å². The summed E-state index contributed by atoms with van der Waals surface area (Å²) < 4.78 is 26.2. The van der Waals surface area contributed by atoms with E-state index in [2.05, 4.69) is 5.32 Å². The van der Waals surface area contributed by atoms with Crippen molar-refractivity contribution in [2.75, 3.05) is 18.9 Å². The van der Waals surface area contributed by atoms with E-state index in [9.17, 15) is 18.3 Å². The van der Waals surface area contributed by atoms with E-state index < -0.39 is 22.1 Å². The van der Waals surface area contributed by atoms with Crippen molar-refractivity contribution in [2.24, 2.45) is 0 Å². The SMILES string of the molecule is CCCCS(=O)(=O)N1CCC[C@@H]1C(=O)N[C@H](CO)Cc1ccccc1. The first-order valence-corrected chi connectivity index (χ1v) is 10.5. The summed E-state index contributed by atoms with van der Waals surface area (Å²) in [5, 5.41) is 12.4. The number of carbonyl (C=O) groups is 1. The van der Waals surface area contributed by atoms with Crippen LogP contribution in [-0.4, -0.2) is 54.7 Å². The van der Waals surface area contributed by atoms with Crippen LogP contribution in [0, 0.1) is 0 Å². The zero-order valence-electron chi connectivity index (χ0n) is 14.7. The first kappa shape index (κ1) is 19.9. The molecule has 0 unspecified atom stereocenters. The summed E-state index contributed by atoms with van der Waals surface area (Å²) in [7, 11) is -3.41. The lowest BCUT2D eigenvalue weighted by Gasteiger charge is -2.25. The second kappa shape index (κ2) is 9.31. The molecule has 2 rings (SSSR count). The normalized spacial score (nSPS) is 19.7. The van der Waals surface area contributed by atoms with Crippen LogP contribution in [0.5, 0.6) is 0 Å². The lowest BCUT2D eigenvalue weighted by molar-refractivity contribution is -0.125. The van der Waals surface area contributed by atoms with Gasteiger partial charge in [0.15, 0.2) is 0 Å². The van der Waals surface area contributed by atoms with E-state index in [0.717, 1.165) is 12.0 Å². The van der Waals surface area contributed by atoms with Gasteiger partial charge in [-0.25, -0.2) is 8.42 Å². The Morgan fingerprint density at radius 3 is 2.72 bits per heavy atom. The molecule has 25 heavy (non-hydrogen) atoms. The lowest BCUT2D eigenvalue weighted by Crippen LogP contribution is -2.50. The Morgan fingerprint density at radius 1 is 1.36 bits per heavy atom. The Hall–Kier alpha value is -1.44. The maximum atomic E-state index is 12.6. The predicted octanol–water partition coefficient (Wildman–Crippen LogP) is 1.30. The molecule has 1 amide bonds. The van der Waals surface area contributed by atoms with Gasteiger partial charge in [-0.3, -0.25) is 4.79 Å². The molecular formula is C18H28N2O4S. The number of aliphatic hydroxyl groups excluding tert-OH is 1. The molecule has 1 aromatic carbocycles. The van der Waals surface area contributed by atoms with Crippen LogP contribution in [0.25, 0.3) is 0 Å². The van der Waals surface area contributed by atoms with Gasteiger partial charge in [-0.15, -0.1) is 0 Å². The van der Waals surface area contributed by atoms with E-state index in [4.69, 9.17) is 0 Å². The molecule has 1 heterocycles. The average Bonchev–Trinajstić information content (AvgIpc) is 3.11. The van der Waals surface area contributed by atoms with E-state index in [1.807, 2.05) is 37.3 Å². The highest BCUT2D eigenvalue weighted by Gasteiger charge is 2.38. The van der Waals surface area contributed by atoms with Gasteiger partial charge in [0.05, 0.1) is 18.4 Å². The van der Waals surface area contributed by atoms with Gasteiger partial charge in [0.25, 0.3) is 0 Å². The van der Waals surface area contributed by atoms with Gasteiger partial charge in [0, 0.05) is 6.54 Å². The molecule has 1 saturated heterocycles. The van der Waals surface area contributed by atoms with Gasteiger partial charge in [-0.05, 0) is 31.2 Å². The molecule has 0 radical (unpaired) electrons. The van der Waals surface area contributed by atoms with Crippen molar-refractivity contribution >= 4 is 15.9 Å². The second-order valence-corrected chi connectivity index (χ2v) is 8.56. The molecule has 1 aromatic rings. The number of carbonyl (C=O) groups excluding carboxylic acids is 1. The molecule has 0 spiro atoms. The smallest absolute Gasteiger partial charge is 0.238 e. The Morgan fingerprint density at radius 2 is 2.08 bits per heavy atom. The van der Waals surface area contributed by atoms with Crippen molar-refractivity contribution in [3.63, 3.8) is 0 Å². The van der Waals surface area contributed by atoms with E-state index >= 15 is 0 Å². The molecule has 0 bridgehead atoms. The van der Waals surface area contributed by atoms with E-state index in [1.165, 1.54) is 4.31 Å². The van der Waals surface area contributed by atoms with Crippen LogP contribution in [0.2, 0.25) is 0 Å². The highest BCUT2D eigenvalue weighted by molar-refractivity contribution is 7.89. The Bertz CT molecular complexity index is 648. The number of aliphatic hydroxyl groups is 1. The summed E-state index contributed by atoms with van der Waals surface area (Å²) >= 11 is 0. The van der Waals surface area contributed by atoms with Crippen molar-refractivity contribution in [3.8, 4) is 0 Å². The summed E-state index contributed by atoms with van der Waals surface area (Å²) in [6.07, 6.45) is 3.12.